The molecule has 2 aliphatic heterocycles. The first-order valence-corrected chi connectivity index (χ1v) is 12.1. The summed E-state index contributed by atoms with van der Waals surface area (Å²) in [5.41, 5.74) is 4.22. The van der Waals surface area contributed by atoms with Crippen molar-refractivity contribution in [3.63, 3.8) is 0 Å². The highest BCUT2D eigenvalue weighted by molar-refractivity contribution is 7.89. The van der Waals surface area contributed by atoms with Crippen LogP contribution in [0.4, 0.5) is 17.5 Å². The quantitative estimate of drug-likeness (QED) is 0.589. The summed E-state index contributed by atoms with van der Waals surface area (Å²) in [4.78, 5) is 11.7. The summed E-state index contributed by atoms with van der Waals surface area (Å²) in [5, 5.41) is 3.21. The Balaban J connectivity index is 0.00000259. The average molecular weight is 488 g/mol. The third-order valence-corrected chi connectivity index (χ3v) is 7.64. The molecule has 174 valence electrons. The molecule has 0 saturated carbocycles. The average Bonchev–Trinajstić information content (AvgIpc) is 3.24. The van der Waals surface area contributed by atoms with Crippen molar-refractivity contribution in [2.24, 2.45) is 0 Å². The third-order valence-electron chi connectivity index (χ3n) is 5.72. The van der Waals surface area contributed by atoms with Crippen LogP contribution in [0, 0.1) is 6.92 Å². The topological polar surface area (TPSA) is 87.7 Å². The van der Waals surface area contributed by atoms with Gasteiger partial charge < -0.3 is 15.0 Å². The minimum atomic E-state index is -3.51. The molecule has 1 N–H and O–H groups in total. The van der Waals surface area contributed by atoms with Crippen molar-refractivity contribution in [1.29, 1.82) is 0 Å². The summed E-state index contributed by atoms with van der Waals surface area (Å²) in [7, 11) is -3.51. The molecule has 0 unspecified atom stereocenters. The highest BCUT2D eigenvalue weighted by Crippen LogP contribution is 2.28. The molecule has 1 aromatic heterocycles. The van der Waals surface area contributed by atoms with E-state index < -0.39 is 10.0 Å². The predicted octanol–water partition coefficient (Wildman–Crippen LogP) is 3.49. The summed E-state index contributed by atoms with van der Waals surface area (Å²) in [5.74, 6) is 1.35. The highest BCUT2D eigenvalue weighted by atomic mass is 35.5. The van der Waals surface area contributed by atoms with E-state index in [1.807, 2.05) is 13.0 Å². The summed E-state index contributed by atoms with van der Waals surface area (Å²) < 4.78 is 32.3. The van der Waals surface area contributed by atoms with Gasteiger partial charge in [-0.25, -0.2) is 13.4 Å². The number of rotatable bonds is 5. The van der Waals surface area contributed by atoms with Crippen LogP contribution in [-0.4, -0.2) is 49.0 Å². The summed E-state index contributed by atoms with van der Waals surface area (Å²) in [6.07, 6.45) is 0. The largest absolute Gasteiger partial charge is 0.379 e. The first-order chi connectivity index (χ1) is 15.5. The summed E-state index contributed by atoms with van der Waals surface area (Å²) in [6, 6.07) is 17.1. The van der Waals surface area contributed by atoms with Crippen LogP contribution in [0.5, 0.6) is 0 Å². The first kappa shape index (κ1) is 23.4. The van der Waals surface area contributed by atoms with Crippen LogP contribution >= 0.6 is 12.4 Å². The van der Waals surface area contributed by atoms with E-state index in [1.54, 1.807) is 24.3 Å². The van der Waals surface area contributed by atoms with Crippen LogP contribution in [0.1, 0.15) is 16.8 Å². The van der Waals surface area contributed by atoms with Gasteiger partial charge in [0.1, 0.15) is 5.82 Å². The van der Waals surface area contributed by atoms with E-state index in [4.69, 9.17) is 9.72 Å². The predicted molar refractivity (Wildman–Crippen MR) is 130 cm³/mol. The van der Waals surface area contributed by atoms with Gasteiger partial charge in [0, 0.05) is 43.6 Å². The van der Waals surface area contributed by atoms with Crippen LogP contribution in [0.25, 0.3) is 0 Å². The number of nitrogens with one attached hydrogen (secondary N) is 1. The lowest BCUT2D eigenvalue weighted by molar-refractivity contribution is 0.0730. The fourth-order valence-electron chi connectivity index (χ4n) is 4.04. The molecule has 0 atom stereocenters. The molecule has 0 amide bonds. The maximum atomic E-state index is 12.8. The zero-order valence-corrected chi connectivity index (χ0v) is 19.9. The summed E-state index contributed by atoms with van der Waals surface area (Å²) >= 11 is 0. The number of hydrogen-bond acceptors (Lipinski definition) is 7. The SMILES string of the molecule is Cc1cc(N2Cc3ccccc3C2)nc(Nc2ccc(S(=O)(=O)N3CCOCC3)cc2)n1.Cl. The number of anilines is 3. The van der Waals surface area contributed by atoms with Gasteiger partial charge in [-0.1, -0.05) is 24.3 Å². The number of sulfonamides is 1. The molecule has 33 heavy (non-hydrogen) atoms. The number of aryl methyl sites for hydroxylation is 1. The van der Waals surface area contributed by atoms with Crippen molar-refractivity contribution in [3.05, 3.63) is 71.4 Å². The number of nitrogens with zero attached hydrogens (tertiary/aromatic N) is 4. The van der Waals surface area contributed by atoms with Crippen molar-refractivity contribution < 1.29 is 13.2 Å². The first-order valence-electron chi connectivity index (χ1n) is 10.6. The molecular formula is C23H26ClN5O3S. The van der Waals surface area contributed by atoms with E-state index in [1.165, 1.54) is 15.4 Å². The molecule has 3 heterocycles. The van der Waals surface area contributed by atoms with Crippen LogP contribution in [-0.2, 0) is 27.8 Å². The molecule has 3 aromatic rings. The van der Waals surface area contributed by atoms with Crippen molar-refractivity contribution in [2.75, 3.05) is 36.5 Å². The Hall–Kier alpha value is -2.72. The van der Waals surface area contributed by atoms with Crippen molar-refractivity contribution in [1.82, 2.24) is 14.3 Å². The van der Waals surface area contributed by atoms with E-state index in [0.717, 1.165) is 30.3 Å². The minimum absolute atomic E-state index is 0. The van der Waals surface area contributed by atoms with E-state index in [-0.39, 0.29) is 17.3 Å². The smallest absolute Gasteiger partial charge is 0.243 e. The number of halogens is 1. The van der Waals surface area contributed by atoms with Gasteiger partial charge in [0.15, 0.2) is 0 Å². The Bertz CT molecular complexity index is 1210. The second-order valence-corrected chi connectivity index (χ2v) is 9.92. The maximum absolute atomic E-state index is 12.8. The number of morpholine rings is 1. The Morgan fingerprint density at radius 1 is 0.939 bits per heavy atom. The Morgan fingerprint density at radius 3 is 2.21 bits per heavy atom. The number of fused-ring (bicyclic) bond motifs is 1. The zero-order valence-electron chi connectivity index (χ0n) is 18.3. The Labute approximate surface area is 200 Å². The van der Waals surface area contributed by atoms with Crippen molar-refractivity contribution in [3.8, 4) is 0 Å². The molecule has 0 spiro atoms. The van der Waals surface area contributed by atoms with E-state index in [2.05, 4.69) is 39.5 Å². The van der Waals surface area contributed by atoms with E-state index in [9.17, 15) is 8.42 Å². The molecule has 0 radical (unpaired) electrons. The Morgan fingerprint density at radius 2 is 1.58 bits per heavy atom. The number of aromatic nitrogens is 2. The minimum Gasteiger partial charge on any atom is -0.379 e. The molecule has 2 aliphatic rings. The Kier molecular flexibility index (Phi) is 6.85. The molecular weight excluding hydrogens is 462 g/mol. The van der Waals surface area contributed by atoms with E-state index >= 15 is 0 Å². The normalized spacial score (nSPS) is 16.2. The second-order valence-electron chi connectivity index (χ2n) is 7.98. The van der Waals surface area contributed by atoms with Gasteiger partial charge in [-0.05, 0) is 42.3 Å². The van der Waals surface area contributed by atoms with Gasteiger partial charge in [0.2, 0.25) is 16.0 Å². The van der Waals surface area contributed by atoms with Gasteiger partial charge in [-0.2, -0.15) is 9.29 Å². The molecule has 0 aliphatic carbocycles. The van der Waals surface area contributed by atoms with Crippen LogP contribution < -0.4 is 10.2 Å². The van der Waals surface area contributed by atoms with Crippen LogP contribution in [0.2, 0.25) is 0 Å². The molecule has 5 rings (SSSR count). The molecule has 1 saturated heterocycles. The fourth-order valence-corrected chi connectivity index (χ4v) is 5.45. The lowest BCUT2D eigenvalue weighted by Gasteiger charge is -2.26. The van der Waals surface area contributed by atoms with Crippen LogP contribution in [0.15, 0.2) is 59.5 Å². The van der Waals surface area contributed by atoms with Gasteiger partial charge in [0.25, 0.3) is 0 Å². The number of ether oxygens (including phenoxy) is 1. The summed E-state index contributed by atoms with van der Waals surface area (Å²) in [6.45, 7) is 5.19. The van der Waals surface area contributed by atoms with Gasteiger partial charge >= 0.3 is 0 Å². The monoisotopic (exact) mass is 487 g/mol. The van der Waals surface area contributed by atoms with Gasteiger partial charge in [-0.15, -0.1) is 12.4 Å². The number of hydrogen-bond donors (Lipinski definition) is 1. The highest BCUT2D eigenvalue weighted by Gasteiger charge is 2.26. The van der Waals surface area contributed by atoms with Crippen LogP contribution in [0.3, 0.4) is 0 Å². The van der Waals surface area contributed by atoms with Gasteiger partial charge in [-0.3, -0.25) is 0 Å². The van der Waals surface area contributed by atoms with Crippen molar-refractivity contribution in [2.45, 2.75) is 24.9 Å². The number of benzene rings is 2. The third kappa shape index (κ3) is 4.96. The zero-order chi connectivity index (χ0) is 22.1. The molecule has 2 aromatic carbocycles. The van der Waals surface area contributed by atoms with Crippen molar-refractivity contribution >= 4 is 39.9 Å². The maximum Gasteiger partial charge on any atom is 0.243 e. The van der Waals surface area contributed by atoms with E-state index in [0.29, 0.717) is 32.3 Å². The molecule has 1 fully saturated rings. The fraction of sp³-hybridized carbons (Fsp3) is 0.304. The second kappa shape index (κ2) is 9.64. The molecule has 10 heteroatoms. The molecule has 0 bridgehead atoms. The lowest BCUT2D eigenvalue weighted by atomic mass is 10.1. The molecule has 8 nitrogen and oxygen atoms in total. The standard InChI is InChI=1S/C23H25N5O3S.ClH/c1-17-14-22(27-15-18-4-2-3-5-19(18)16-27)26-23(24-17)25-20-6-8-21(9-7-20)32(29,30)28-10-12-31-13-11-28;/h2-9,14H,10-13,15-16H2,1H3,(H,24,25,26);1H. The lowest BCUT2D eigenvalue weighted by Crippen LogP contribution is -2.40. The van der Waals surface area contributed by atoms with Gasteiger partial charge in [0.05, 0.1) is 18.1 Å².